The van der Waals surface area contributed by atoms with Crippen LogP contribution in [0.3, 0.4) is 0 Å². The normalized spacial score (nSPS) is 13.1. The summed E-state index contributed by atoms with van der Waals surface area (Å²) in [4.78, 5) is 15.9. The van der Waals surface area contributed by atoms with Gasteiger partial charge in [-0.1, -0.05) is 17.2 Å². The van der Waals surface area contributed by atoms with Crippen LogP contribution >= 0.6 is 0 Å². The Bertz CT molecular complexity index is 478. The van der Waals surface area contributed by atoms with Gasteiger partial charge in [0.25, 0.3) is 0 Å². The number of rotatable bonds is 5. The molecule has 0 fully saturated rings. The molecule has 0 heterocycles. The van der Waals surface area contributed by atoms with E-state index in [0.717, 1.165) is 0 Å². The van der Waals surface area contributed by atoms with Gasteiger partial charge in [0.05, 0.1) is 18.3 Å². The van der Waals surface area contributed by atoms with Crippen LogP contribution in [0.4, 0.5) is 5.69 Å². The van der Waals surface area contributed by atoms with Crippen molar-refractivity contribution in [1.29, 1.82) is 0 Å². The number of azide groups is 1. The van der Waals surface area contributed by atoms with Gasteiger partial charge >= 0.3 is 0 Å². The SMILES string of the molecule is [N-]=[N+]=NCC(O)C(O)c1cccc(N=C=O)c1. The zero-order valence-corrected chi connectivity index (χ0v) is 8.76. The van der Waals surface area contributed by atoms with Crippen molar-refractivity contribution in [3.8, 4) is 0 Å². The predicted molar refractivity (Wildman–Crippen MR) is 59.2 cm³/mol. The number of isocyanates is 1. The number of hydrogen-bond acceptors (Lipinski definition) is 5. The first-order chi connectivity index (χ1) is 8.19. The van der Waals surface area contributed by atoms with Crippen molar-refractivity contribution >= 4 is 11.8 Å². The third kappa shape index (κ3) is 3.71. The number of aliphatic hydroxyl groups excluding tert-OH is 2. The molecule has 0 aliphatic carbocycles. The van der Waals surface area contributed by atoms with E-state index in [9.17, 15) is 15.0 Å². The highest BCUT2D eigenvalue weighted by atomic mass is 16.3. The van der Waals surface area contributed by atoms with E-state index in [-0.39, 0.29) is 6.54 Å². The number of aliphatic hydroxyl groups is 2. The van der Waals surface area contributed by atoms with Gasteiger partial charge in [0, 0.05) is 4.91 Å². The molecule has 0 aliphatic heterocycles. The van der Waals surface area contributed by atoms with E-state index >= 15 is 0 Å². The van der Waals surface area contributed by atoms with Crippen LogP contribution in [0.15, 0.2) is 34.4 Å². The van der Waals surface area contributed by atoms with E-state index < -0.39 is 12.2 Å². The number of nitrogens with zero attached hydrogens (tertiary/aromatic N) is 4. The molecule has 0 aromatic heterocycles. The zero-order valence-electron chi connectivity index (χ0n) is 8.76. The van der Waals surface area contributed by atoms with Crippen LogP contribution in [-0.4, -0.2) is 28.9 Å². The second-order valence-corrected chi connectivity index (χ2v) is 3.22. The third-order valence-corrected chi connectivity index (χ3v) is 2.08. The first-order valence-corrected chi connectivity index (χ1v) is 4.74. The van der Waals surface area contributed by atoms with Gasteiger partial charge in [-0.05, 0) is 23.2 Å². The Kier molecular flexibility index (Phi) is 4.87. The van der Waals surface area contributed by atoms with Gasteiger partial charge in [-0.15, -0.1) is 0 Å². The minimum absolute atomic E-state index is 0.237. The number of aliphatic imine (C=N–C) groups is 1. The summed E-state index contributed by atoms with van der Waals surface area (Å²) in [6, 6.07) is 6.14. The Morgan fingerprint density at radius 1 is 1.47 bits per heavy atom. The summed E-state index contributed by atoms with van der Waals surface area (Å²) >= 11 is 0. The molecule has 1 aromatic carbocycles. The topological polar surface area (TPSA) is 119 Å². The Morgan fingerprint density at radius 3 is 2.88 bits per heavy atom. The Morgan fingerprint density at radius 2 is 2.24 bits per heavy atom. The Labute approximate surface area is 96.7 Å². The Balaban J connectivity index is 2.87. The van der Waals surface area contributed by atoms with E-state index in [4.69, 9.17) is 5.53 Å². The molecule has 0 bridgehead atoms. The second kappa shape index (κ2) is 6.42. The van der Waals surface area contributed by atoms with E-state index in [0.29, 0.717) is 11.3 Å². The van der Waals surface area contributed by atoms with Crippen molar-refractivity contribution in [3.63, 3.8) is 0 Å². The molecule has 0 saturated heterocycles. The number of carbonyl (C=O) groups excluding carboxylic acids is 1. The van der Waals surface area contributed by atoms with Crippen molar-refractivity contribution in [2.45, 2.75) is 12.2 Å². The lowest BCUT2D eigenvalue weighted by Crippen LogP contribution is -2.20. The van der Waals surface area contributed by atoms with Gasteiger partial charge < -0.3 is 10.2 Å². The minimum atomic E-state index is -1.21. The molecule has 0 saturated carbocycles. The van der Waals surface area contributed by atoms with Gasteiger partial charge in [-0.3, -0.25) is 0 Å². The van der Waals surface area contributed by atoms with Crippen molar-refractivity contribution in [2.75, 3.05) is 6.54 Å². The average molecular weight is 234 g/mol. The predicted octanol–water partition coefficient (Wildman–Crippen LogP) is 1.36. The molecule has 17 heavy (non-hydrogen) atoms. The highest BCUT2D eigenvalue weighted by Crippen LogP contribution is 2.22. The average Bonchev–Trinajstić information content (AvgIpc) is 2.35. The molecule has 2 unspecified atom stereocenters. The van der Waals surface area contributed by atoms with E-state index in [1.165, 1.54) is 12.1 Å². The molecule has 1 rings (SSSR count). The maximum absolute atomic E-state index is 10.1. The lowest BCUT2D eigenvalue weighted by molar-refractivity contribution is 0.0244. The fourth-order valence-corrected chi connectivity index (χ4v) is 1.27. The molecule has 0 spiro atoms. The standard InChI is InChI=1S/C10H10N4O3/c11-14-13-5-9(16)10(17)7-2-1-3-8(4-7)12-6-15/h1-4,9-10,16-17H,5H2. The molecule has 88 valence electrons. The highest BCUT2D eigenvalue weighted by Gasteiger charge is 2.17. The molecular weight excluding hydrogens is 224 g/mol. The summed E-state index contributed by atoms with van der Waals surface area (Å²) in [5, 5.41) is 22.4. The maximum Gasteiger partial charge on any atom is 0.240 e. The van der Waals surface area contributed by atoms with Gasteiger partial charge in [-0.25, -0.2) is 4.79 Å². The van der Waals surface area contributed by atoms with Crippen LogP contribution in [0.1, 0.15) is 11.7 Å². The van der Waals surface area contributed by atoms with Crippen LogP contribution in [0.25, 0.3) is 10.4 Å². The van der Waals surface area contributed by atoms with Crippen LogP contribution in [0.2, 0.25) is 0 Å². The summed E-state index contributed by atoms with van der Waals surface area (Å²) in [6.07, 6.45) is -1.04. The molecule has 0 amide bonds. The highest BCUT2D eigenvalue weighted by molar-refractivity contribution is 5.50. The molecule has 7 heteroatoms. The fraction of sp³-hybridized carbons (Fsp3) is 0.300. The molecule has 2 atom stereocenters. The minimum Gasteiger partial charge on any atom is -0.390 e. The van der Waals surface area contributed by atoms with E-state index in [2.05, 4.69) is 15.0 Å². The first kappa shape index (κ1) is 12.9. The summed E-state index contributed by atoms with van der Waals surface area (Å²) < 4.78 is 0. The summed E-state index contributed by atoms with van der Waals surface area (Å²) in [7, 11) is 0. The van der Waals surface area contributed by atoms with Crippen LogP contribution in [0, 0.1) is 0 Å². The largest absolute Gasteiger partial charge is 0.390 e. The molecule has 0 aliphatic rings. The lowest BCUT2D eigenvalue weighted by Gasteiger charge is -2.16. The van der Waals surface area contributed by atoms with Crippen molar-refractivity contribution < 1.29 is 15.0 Å². The van der Waals surface area contributed by atoms with Crippen LogP contribution in [0.5, 0.6) is 0 Å². The molecule has 7 nitrogen and oxygen atoms in total. The summed E-state index contributed by atoms with van der Waals surface area (Å²) in [6.45, 7) is -0.237. The van der Waals surface area contributed by atoms with Gasteiger partial charge in [0.2, 0.25) is 6.08 Å². The van der Waals surface area contributed by atoms with Crippen LogP contribution in [-0.2, 0) is 4.79 Å². The molecule has 2 N–H and O–H groups in total. The first-order valence-electron chi connectivity index (χ1n) is 4.74. The van der Waals surface area contributed by atoms with E-state index in [1.54, 1.807) is 18.2 Å². The van der Waals surface area contributed by atoms with Gasteiger partial charge in [-0.2, -0.15) is 4.99 Å². The summed E-state index contributed by atoms with van der Waals surface area (Å²) in [5.74, 6) is 0. The lowest BCUT2D eigenvalue weighted by atomic mass is 10.0. The quantitative estimate of drug-likeness (QED) is 0.263. The Hall–Kier alpha value is -2.17. The number of benzene rings is 1. The summed E-state index contributed by atoms with van der Waals surface area (Å²) in [5.41, 5.74) is 8.79. The maximum atomic E-state index is 10.1. The zero-order chi connectivity index (χ0) is 12.7. The van der Waals surface area contributed by atoms with E-state index in [1.807, 2.05) is 0 Å². The fourth-order valence-electron chi connectivity index (χ4n) is 1.27. The number of hydrogen-bond donors (Lipinski definition) is 2. The van der Waals surface area contributed by atoms with Crippen molar-refractivity contribution in [1.82, 2.24) is 0 Å². The smallest absolute Gasteiger partial charge is 0.240 e. The van der Waals surface area contributed by atoms with Crippen LogP contribution < -0.4 is 0 Å². The monoisotopic (exact) mass is 234 g/mol. The van der Waals surface area contributed by atoms with Crippen molar-refractivity contribution in [3.05, 3.63) is 40.3 Å². The third-order valence-electron chi connectivity index (χ3n) is 2.08. The molecule has 0 radical (unpaired) electrons. The molecular formula is C10H10N4O3. The van der Waals surface area contributed by atoms with Gasteiger partial charge in [0.1, 0.15) is 6.10 Å². The second-order valence-electron chi connectivity index (χ2n) is 3.22. The van der Waals surface area contributed by atoms with Gasteiger partial charge in [0.15, 0.2) is 0 Å². The molecule has 1 aromatic rings. The van der Waals surface area contributed by atoms with Crippen molar-refractivity contribution in [2.24, 2.45) is 10.1 Å².